The zero-order valence-corrected chi connectivity index (χ0v) is 10.5. The van der Waals surface area contributed by atoms with Gasteiger partial charge in [0.05, 0.1) is 4.90 Å². The molecule has 0 saturated carbocycles. The fourth-order valence-corrected chi connectivity index (χ4v) is 2.43. The van der Waals surface area contributed by atoms with Crippen molar-refractivity contribution in [2.24, 2.45) is 0 Å². The fraction of sp³-hybridized carbons (Fsp3) is 0.400. The van der Waals surface area contributed by atoms with Crippen LogP contribution in [0.5, 0.6) is 0 Å². The number of aliphatic hydroxyl groups is 1. The first kappa shape index (κ1) is 13.4. The van der Waals surface area contributed by atoms with Gasteiger partial charge in [0.2, 0.25) is 10.0 Å². The molecule has 16 heavy (non-hydrogen) atoms. The van der Waals surface area contributed by atoms with Gasteiger partial charge < -0.3 is 5.11 Å². The molecule has 0 saturated heterocycles. The summed E-state index contributed by atoms with van der Waals surface area (Å²) in [5.74, 6) is 0. The quantitative estimate of drug-likeness (QED) is 0.787. The van der Waals surface area contributed by atoms with Crippen LogP contribution in [-0.2, 0) is 10.0 Å². The van der Waals surface area contributed by atoms with Gasteiger partial charge in [-0.3, -0.25) is 0 Å². The molecule has 1 rings (SSSR count). The van der Waals surface area contributed by atoms with Gasteiger partial charge in [0.15, 0.2) is 0 Å². The van der Waals surface area contributed by atoms with E-state index in [0.29, 0.717) is 17.0 Å². The third kappa shape index (κ3) is 3.45. The van der Waals surface area contributed by atoms with E-state index in [1.807, 2.05) is 0 Å². The van der Waals surface area contributed by atoms with Crippen molar-refractivity contribution in [1.29, 1.82) is 0 Å². The average molecular weight is 264 g/mol. The summed E-state index contributed by atoms with van der Waals surface area (Å²) in [6.07, 6.45) is 0.395. The second kappa shape index (κ2) is 5.63. The first-order valence-electron chi connectivity index (χ1n) is 4.84. The van der Waals surface area contributed by atoms with Crippen LogP contribution in [0.1, 0.15) is 12.0 Å². The Morgan fingerprint density at radius 2 is 2.12 bits per heavy atom. The van der Waals surface area contributed by atoms with E-state index in [-0.39, 0.29) is 18.0 Å². The van der Waals surface area contributed by atoms with Gasteiger partial charge in [0.1, 0.15) is 0 Å². The van der Waals surface area contributed by atoms with Crippen LogP contribution in [-0.4, -0.2) is 26.7 Å². The summed E-state index contributed by atoms with van der Waals surface area (Å²) < 4.78 is 25.9. The lowest BCUT2D eigenvalue weighted by atomic mass is 10.2. The molecule has 6 heteroatoms. The molecule has 0 atom stereocenters. The highest BCUT2D eigenvalue weighted by molar-refractivity contribution is 7.89. The summed E-state index contributed by atoms with van der Waals surface area (Å²) in [6, 6.07) is 4.53. The minimum absolute atomic E-state index is 0.0395. The van der Waals surface area contributed by atoms with Crippen molar-refractivity contribution in [3.63, 3.8) is 0 Å². The van der Waals surface area contributed by atoms with Gasteiger partial charge in [-0.15, -0.1) is 0 Å². The van der Waals surface area contributed by atoms with Crippen LogP contribution in [0, 0.1) is 6.92 Å². The molecule has 2 N–H and O–H groups in total. The Morgan fingerprint density at radius 3 is 2.69 bits per heavy atom. The minimum Gasteiger partial charge on any atom is -0.396 e. The second-order valence-electron chi connectivity index (χ2n) is 3.39. The second-order valence-corrected chi connectivity index (χ2v) is 5.56. The van der Waals surface area contributed by atoms with E-state index >= 15 is 0 Å². The van der Waals surface area contributed by atoms with Crippen molar-refractivity contribution in [2.45, 2.75) is 18.2 Å². The third-order valence-corrected chi connectivity index (χ3v) is 3.95. The number of sulfonamides is 1. The monoisotopic (exact) mass is 263 g/mol. The topological polar surface area (TPSA) is 66.4 Å². The molecule has 1 aromatic rings. The van der Waals surface area contributed by atoms with Crippen LogP contribution >= 0.6 is 11.6 Å². The number of benzene rings is 1. The number of aryl methyl sites for hydroxylation is 1. The van der Waals surface area contributed by atoms with Crippen molar-refractivity contribution in [1.82, 2.24) is 4.72 Å². The SMILES string of the molecule is Cc1cc(S(=O)(=O)NCCCO)ccc1Cl. The number of nitrogens with one attached hydrogen (secondary N) is 1. The van der Waals surface area contributed by atoms with Gasteiger partial charge in [-0.1, -0.05) is 11.6 Å². The first-order chi connectivity index (χ1) is 7.47. The first-order valence-corrected chi connectivity index (χ1v) is 6.70. The highest BCUT2D eigenvalue weighted by Gasteiger charge is 2.13. The Kier molecular flexibility index (Phi) is 4.73. The minimum atomic E-state index is -3.49. The van der Waals surface area contributed by atoms with Gasteiger partial charge >= 0.3 is 0 Å². The number of hydrogen-bond donors (Lipinski definition) is 2. The lowest BCUT2D eigenvalue weighted by Crippen LogP contribution is -2.25. The molecule has 0 fully saturated rings. The summed E-state index contributed by atoms with van der Waals surface area (Å²) in [7, 11) is -3.49. The number of aliphatic hydroxyl groups excluding tert-OH is 1. The van der Waals surface area contributed by atoms with Crippen LogP contribution < -0.4 is 4.72 Å². The van der Waals surface area contributed by atoms with Crippen LogP contribution in [0.3, 0.4) is 0 Å². The maximum atomic E-state index is 11.7. The summed E-state index contributed by atoms with van der Waals surface area (Å²) in [4.78, 5) is 0.187. The lowest BCUT2D eigenvalue weighted by Gasteiger charge is -2.07. The average Bonchev–Trinajstić information content (AvgIpc) is 2.22. The molecule has 0 aliphatic carbocycles. The van der Waals surface area contributed by atoms with E-state index in [9.17, 15) is 8.42 Å². The molecule has 0 aromatic heterocycles. The van der Waals surface area contributed by atoms with Crippen molar-refractivity contribution >= 4 is 21.6 Å². The molecular formula is C10H14ClNO3S. The van der Waals surface area contributed by atoms with E-state index < -0.39 is 10.0 Å². The van der Waals surface area contributed by atoms with Crippen molar-refractivity contribution in [3.8, 4) is 0 Å². The molecule has 0 aliphatic rings. The number of hydrogen-bond acceptors (Lipinski definition) is 3. The van der Waals surface area contributed by atoms with E-state index in [0.717, 1.165) is 0 Å². The van der Waals surface area contributed by atoms with E-state index in [4.69, 9.17) is 16.7 Å². The number of rotatable bonds is 5. The molecular weight excluding hydrogens is 250 g/mol. The van der Waals surface area contributed by atoms with Crippen LogP contribution in [0.25, 0.3) is 0 Å². The molecule has 0 unspecified atom stereocenters. The maximum absolute atomic E-state index is 11.7. The molecule has 0 spiro atoms. The van der Waals surface area contributed by atoms with E-state index in [1.165, 1.54) is 12.1 Å². The highest BCUT2D eigenvalue weighted by Crippen LogP contribution is 2.19. The maximum Gasteiger partial charge on any atom is 0.240 e. The van der Waals surface area contributed by atoms with Crippen molar-refractivity contribution in [2.75, 3.05) is 13.2 Å². The zero-order valence-electron chi connectivity index (χ0n) is 8.90. The molecule has 0 radical (unpaired) electrons. The Morgan fingerprint density at radius 1 is 1.44 bits per heavy atom. The van der Waals surface area contributed by atoms with E-state index in [1.54, 1.807) is 13.0 Å². The molecule has 0 heterocycles. The van der Waals surface area contributed by atoms with Crippen molar-refractivity contribution in [3.05, 3.63) is 28.8 Å². The Balaban J connectivity index is 2.86. The van der Waals surface area contributed by atoms with Crippen molar-refractivity contribution < 1.29 is 13.5 Å². The normalized spacial score (nSPS) is 11.7. The Labute approximate surface area is 100 Å². The zero-order chi connectivity index (χ0) is 12.2. The van der Waals surface area contributed by atoms with Crippen LogP contribution in [0.2, 0.25) is 5.02 Å². The standard InChI is InChI=1S/C10H14ClNO3S/c1-8-7-9(3-4-10(8)11)16(14,15)12-5-2-6-13/h3-4,7,12-13H,2,5-6H2,1H3. The third-order valence-electron chi connectivity index (χ3n) is 2.07. The van der Waals surface area contributed by atoms with Crippen LogP contribution in [0.4, 0.5) is 0 Å². The van der Waals surface area contributed by atoms with E-state index in [2.05, 4.69) is 4.72 Å². The molecule has 4 nitrogen and oxygen atoms in total. The lowest BCUT2D eigenvalue weighted by molar-refractivity contribution is 0.289. The summed E-state index contributed by atoms with van der Waals surface area (Å²) in [5, 5.41) is 9.10. The van der Waals surface area contributed by atoms with Gasteiger partial charge in [0, 0.05) is 18.2 Å². The molecule has 0 amide bonds. The van der Waals surface area contributed by atoms with Gasteiger partial charge in [-0.2, -0.15) is 0 Å². The fourth-order valence-electron chi connectivity index (χ4n) is 1.15. The predicted octanol–water partition coefficient (Wildman–Crippen LogP) is 1.31. The smallest absolute Gasteiger partial charge is 0.240 e. The van der Waals surface area contributed by atoms with Crippen LogP contribution in [0.15, 0.2) is 23.1 Å². The molecule has 1 aromatic carbocycles. The molecule has 90 valence electrons. The molecule has 0 bridgehead atoms. The van der Waals surface area contributed by atoms with Gasteiger partial charge in [-0.05, 0) is 37.1 Å². The highest BCUT2D eigenvalue weighted by atomic mass is 35.5. The van der Waals surface area contributed by atoms with Gasteiger partial charge in [-0.25, -0.2) is 13.1 Å². The summed E-state index contributed by atoms with van der Waals surface area (Å²) >= 11 is 5.81. The van der Waals surface area contributed by atoms with Gasteiger partial charge in [0.25, 0.3) is 0 Å². The predicted molar refractivity (Wildman–Crippen MR) is 63.1 cm³/mol. The molecule has 0 aliphatic heterocycles. The summed E-state index contributed by atoms with van der Waals surface area (Å²) in [5.41, 5.74) is 0.715. The largest absolute Gasteiger partial charge is 0.396 e. The summed E-state index contributed by atoms with van der Waals surface area (Å²) in [6.45, 7) is 1.93. The Hall–Kier alpha value is -0.620. The Bertz CT molecular complexity index is 459. The number of halogens is 1.